The third kappa shape index (κ3) is 4.88. The fourth-order valence-electron chi connectivity index (χ4n) is 0.721. The smallest absolute Gasteiger partial charge is 0.318 e. The minimum absolute atomic E-state index is 0.450. The van der Waals surface area contributed by atoms with Crippen molar-refractivity contribution in [3.05, 3.63) is 12.7 Å². The van der Waals surface area contributed by atoms with E-state index in [2.05, 4.69) is 11.9 Å². The topological polar surface area (TPSA) is 66.4 Å². The van der Waals surface area contributed by atoms with Crippen molar-refractivity contribution in [3.63, 3.8) is 0 Å². The Morgan fingerprint density at radius 3 is 2.60 bits per heavy atom. The summed E-state index contributed by atoms with van der Waals surface area (Å²) in [5.41, 5.74) is -1.36. The first-order valence-corrected chi connectivity index (χ1v) is 5.78. The van der Waals surface area contributed by atoms with Crippen molar-refractivity contribution in [2.24, 2.45) is 5.41 Å². The molecule has 4 nitrogen and oxygen atoms in total. The summed E-state index contributed by atoms with van der Waals surface area (Å²) in [4.78, 5) is 22.1. The van der Waals surface area contributed by atoms with E-state index in [9.17, 15) is 9.59 Å². The average Bonchev–Trinajstić information content (AvgIpc) is 2.16. The second-order valence-corrected chi connectivity index (χ2v) is 4.70. The highest BCUT2D eigenvalue weighted by Crippen LogP contribution is 2.14. The summed E-state index contributed by atoms with van der Waals surface area (Å²) in [6.07, 6.45) is 1.79. The molecule has 0 aliphatic heterocycles. The summed E-state index contributed by atoms with van der Waals surface area (Å²) in [7, 11) is 0. The number of carboxylic acid groups (broad SMARTS) is 1. The molecule has 1 amide bonds. The monoisotopic (exact) mass is 231 g/mol. The van der Waals surface area contributed by atoms with Crippen LogP contribution in [0.2, 0.25) is 0 Å². The largest absolute Gasteiger partial charge is 0.480 e. The van der Waals surface area contributed by atoms with E-state index in [0.717, 1.165) is 11.5 Å². The van der Waals surface area contributed by atoms with E-state index in [1.54, 1.807) is 17.8 Å². The number of hydrogen-bond donors (Lipinski definition) is 2. The molecule has 0 aliphatic carbocycles. The molecular formula is C10H17NO3S. The summed E-state index contributed by atoms with van der Waals surface area (Å²) in [6.45, 7) is 6.83. The highest BCUT2D eigenvalue weighted by molar-refractivity contribution is 7.99. The molecule has 0 aromatic carbocycles. The Bertz CT molecular complexity index is 251. The van der Waals surface area contributed by atoms with Gasteiger partial charge in [0, 0.05) is 18.1 Å². The van der Waals surface area contributed by atoms with Gasteiger partial charge in [0.2, 0.25) is 5.91 Å². The minimum atomic E-state index is -1.36. The lowest BCUT2D eigenvalue weighted by Gasteiger charge is -2.18. The predicted octanol–water partition coefficient (Wildman–Crippen LogP) is 1.13. The van der Waals surface area contributed by atoms with Crippen LogP contribution >= 0.6 is 11.8 Å². The van der Waals surface area contributed by atoms with E-state index in [-0.39, 0.29) is 0 Å². The normalized spacial score (nSPS) is 10.8. The second-order valence-electron chi connectivity index (χ2n) is 3.55. The van der Waals surface area contributed by atoms with E-state index in [1.807, 2.05) is 0 Å². The number of aliphatic carboxylic acids is 1. The number of nitrogens with one attached hydrogen (secondary N) is 1. The van der Waals surface area contributed by atoms with Crippen molar-refractivity contribution >= 4 is 23.6 Å². The molecule has 0 atom stereocenters. The number of rotatable bonds is 7. The molecular weight excluding hydrogens is 214 g/mol. The van der Waals surface area contributed by atoms with Crippen LogP contribution in [0, 0.1) is 5.41 Å². The molecule has 0 rings (SSSR count). The molecule has 0 saturated carbocycles. The maximum atomic E-state index is 11.4. The van der Waals surface area contributed by atoms with Crippen LogP contribution < -0.4 is 5.32 Å². The van der Waals surface area contributed by atoms with E-state index in [1.165, 1.54) is 13.8 Å². The summed E-state index contributed by atoms with van der Waals surface area (Å²) >= 11 is 1.63. The lowest BCUT2D eigenvalue weighted by molar-refractivity contribution is -0.153. The van der Waals surface area contributed by atoms with E-state index in [4.69, 9.17) is 5.11 Å². The van der Waals surface area contributed by atoms with Gasteiger partial charge in [-0.2, -0.15) is 11.8 Å². The van der Waals surface area contributed by atoms with Crippen LogP contribution in [-0.4, -0.2) is 35.0 Å². The zero-order chi connectivity index (χ0) is 11.9. The molecule has 0 aromatic heterocycles. The molecule has 0 radical (unpaired) electrons. The van der Waals surface area contributed by atoms with Crippen molar-refractivity contribution in [2.45, 2.75) is 13.8 Å². The molecule has 86 valence electrons. The Kier molecular flexibility index (Phi) is 6.08. The molecule has 0 saturated heterocycles. The van der Waals surface area contributed by atoms with E-state index < -0.39 is 17.3 Å². The summed E-state index contributed by atoms with van der Waals surface area (Å²) in [6, 6.07) is 0. The number of carboxylic acids is 1. The molecule has 0 fully saturated rings. The van der Waals surface area contributed by atoms with Gasteiger partial charge in [-0.1, -0.05) is 6.08 Å². The maximum Gasteiger partial charge on any atom is 0.318 e. The Morgan fingerprint density at radius 2 is 2.13 bits per heavy atom. The van der Waals surface area contributed by atoms with Gasteiger partial charge in [0.1, 0.15) is 5.41 Å². The van der Waals surface area contributed by atoms with Crippen LogP contribution in [-0.2, 0) is 9.59 Å². The zero-order valence-corrected chi connectivity index (χ0v) is 9.89. The second kappa shape index (κ2) is 6.50. The Labute approximate surface area is 94.1 Å². The Hall–Kier alpha value is -0.970. The molecule has 0 spiro atoms. The van der Waals surface area contributed by atoms with Gasteiger partial charge in [-0.25, -0.2) is 0 Å². The number of carbonyl (C=O) groups excluding carboxylic acids is 1. The molecule has 0 heterocycles. The first kappa shape index (κ1) is 14.0. The first-order valence-electron chi connectivity index (χ1n) is 4.63. The van der Waals surface area contributed by atoms with E-state index in [0.29, 0.717) is 6.54 Å². The number of hydrogen-bond acceptors (Lipinski definition) is 3. The molecule has 0 aliphatic rings. The van der Waals surface area contributed by atoms with Crippen LogP contribution in [0.4, 0.5) is 0 Å². The summed E-state index contributed by atoms with van der Waals surface area (Å²) < 4.78 is 0. The lowest BCUT2D eigenvalue weighted by Crippen LogP contribution is -2.43. The van der Waals surface area contributed by atoms with Crippen molar-refractivity contribution in [1.82, 2.24) is 5.32 Å². The summed E-state index contributed by atoms with van der Waals surface area (Å²) in [5.74, 6) is 0.0269. The average molecular weight is 231 g/mol. The maximum absolute atomic E-state index is 11.4. The van der Waals surface area contributed by atoms with Crippen molar-refractivity contribution < 1.29 is 14.7 Å². The fourth-order valence-corrected chi connectivity index (χ4v) is 1.30. The van der Waals surface area contributed by atoms with Crippen LogP contribution in [0.5, 0.6) is 0 Å². The van der Waals surface area contributed by atoms with Gasteiger partial charge < -0.3 is 10.4 Å². The zero-order valence-electron chi connectivity index (χ0n) is 9.08. The van der Waals surface area contributed by atoms with Crippen LogP contribution in [0.1, 0.15) is 13.8 Å². The van der Waals surface area contributed by atoms with Gasteiger partial charge in [-0.05, 0) is 13.8 Å². The third-order valence-electron chi connectivity index (χ3n) is 1.87. The Balaban J connectivity index is 3.84. The molecule has 5 heteroatoms. The van der Waals surface area contributed by atoms with Gasteiger partial charge in [-0.15, -0.1) is 6.58 Å². The predicted molar refractivity (Wildman–Crippen MR) is 61.9 cm³/mol. The standard InChI is InChI=1S/C10H17NO3S/c1-4-6-15-7-5-11-8(12)10(2,3)9(13)14/h4H,1,5-7H2,2-3H3,(H,11,12)(H,13,14). The number of carbonyl (C=O) groups is 2. The van der Waals surface area contributed by atoms with Crippen molar-refractivity contribution in [2.75, 3.05) is 18.1 Å². The highest BCUT2D eigenvalue weighted by Gasteiger charge is 2.35. The van der Waals surface area contributed by atoms with Crippen LogP contribution in [0.15, 0.2) is 12.7 Å². The van der Waals surface area contributed by atoms with Gasteiger partial charge in [0.05, 0.1) is 0 Å². The van der Waals surface area contributed by atoms with Gasteiger partial charge >= 0.3 is 5.97 Å². The highest BCUT2D eigenvalue weighted by atomic mass is 32.2. The third-order valence-corrected chi connectivity index (χ3v) is 2.83. The number of amides is 1. The number of thioether (sulfide) groups is 1. The quantitative estimate of drug-likeness (QED) is 0.391. The van der Waals surface area contributed by atoms with Crippen molar-refractivity contribution in [3.8, 4) is 0 Å². The first-order chi connectivity index (χ1) is 6.92. The summed E-state index contributed by atoms with van der Waals surface area (Å²) in [5, 5.41) is 11.4. The Morgan fingerprint density at radius 1 is 1.53 bits per heavy atom. The SMILES string of the molecule is C=CCSCCNC(=O)C(C)(C)C(=O)O. The lowest BCUT2D eigenvalue weighted by atomic mass is 9.93. The molecule has 0 bridgehead atoms. The molecule has 0 aromatic rings. The van der Waals surface area contributed by atoms with E-state index >= 15 is 0 Å². The van der Waals surface area contributed by atoms with Gasteiger partial charge in [0.15, 0.2) is 0 Å². The van der Waals surface area contributed by atoms with Crippen LogP contribution in [0.3, 0.4) is 0 Å². The minimum Gasteiger partial charge on any atom is -0.480 e. The van der Waals surface area contributed by atoms with Crippen LogP contribution in [0.25, 0.3) is 0 Å². The molecule has 2 N–H and O–H groups in total. The van der Waals surface area contributed by atoms with Gasteiger partial charge in [0.25, 0.3) is 0 Å². The van der Waals surface area contributed by atoms with Gasteiger partial charge in [-0.3, -0.25) is 9.59 Å². The van der Waals surface area contributed by atoms with Crippen molar-refractivity contribution in [1.29, 1.82) is 0 Å². The molecule has 0 unspecified atom stereocenters. The molecule has 15 heavy (non-hydrogen) atoms. The fraction of sp³-hybridized carbons (Fsp3) is 0.600.